The van der Waals surface area contributed by atoms with E-state index in [1.807, 2.05) is 0 Å². The molecule has 0 aliphatic heterocycles. The summed E-state index contributed by atoms with van der Waals surface area (Å²) in [6, 6.07) is 2.55. The van der Waals surface area contributed by atoms with Crippen LogP contribution in [-0.2, 0) is 9.59 Å². The van der Waals surface area contributed by atoms with Crippen LogP contribution in [0.2, 0.25) is 5.02 Å². The van der Waals surface area contributed by atoms with Crippen molar-refractivity contribution in [2.45, 2.75) is 12.5 Å². The van der Waals surface area contributed by atoms with Gasteiger partial charge in [0.2, 0.25) is 0 Å². The lowest BCUT2D eigenvalue weighted by molar-refractivity contribution is -0.144. The Bertz CT molecular complexity index is 474. The first-order chi connectivity index (χ1) is 8.84. The van der Waals surface area contributed by atoms with E-state index in [0.717, 1.165) is 6.07 Å². The SMILES string of the molecule is CN(CCC(=O)O)C(C(=O)O)c1c(F)cccc1Cl. The monoisotopic (exact) mass is 289 g/mol. The third kappa shape index (κ3) is 3.90. The molecule has 1 aromatic carbocycles. The van der Waals surface area contributed by atoms with Gasteiger partial charge in [0, 0.05) is 17.1 Å². The Kier molecular flexibility index (Phi) is 5.26. The van der Waals surface area contributed by atoms with E-state index in [1.54, 1.807) is 0 Å². The molecular weight excluding hydrogens is 277 g/mol. The highest BCUT2D eigenvalue weighted by molar-refractivity contribution is 6.31. The molecule has 0 saturated heterocycles. The Morgan fingerprint density at radius 3 is 2.53 bits per heavy atom. The topological polar surface area (TPSA) is 77.8 Å². The van der Waals surface area contributed by atoms with E-state index in [9.17, 15) is 19.1 Å². The number of carboxylic acid groups (broad SMARTS) is 2. The molecule has 1 rings (SSSR count). The Labute approximate surface area is 114 Å². The van der Waals surface area contributed by atoms with Crippen LogP contribution in [-0.4, -0.2) is 40.6 Å². The average molecular weight is 290 g/mol. The van der Waals surface area contributed by atoms with E-state index < -0.39 is 23.8 Å². The predicted molar refractivity (Wildman–Crippen MR) is 66.7 cm³/mol. The molecule has 1 aromatic rings. The number of nitrogens with zero attached hydrogens (tertiary/aromatic N) is 1. The van der Waals surface area contributed by atoms with Crippen molar-refractivity contribution in [1.82, 2.24) is 4.90 Å². The molecule has 19 heavy (non-hydrogen) atoms. The number of aliphatic carboxylic acids is 2. The van der Waals surface area contributed by atoms with Crippen LogP contribution < -0.4 is 0 Å². The van der Waals surface area contributed by atoms with Crippen LogP contribution in [0, 0.1) is 5.82 Å². The summed E-state index contributed by atoms with van der Waals surface area (Å²) in [6.45, 7) is -0.0308. The van der Waals surface area contributed by atoms with Gasteiger partial charge < -0.3 is 10.2 Å². The molecule has 0 aliphatic rings. The third-order valence-electron chi connectivity index (χ3n) is 2.63. The molecule has 0 heterocycles. The molecular formula is C12H13ClFNO4. The summed E-state index contributed by atoms with van der Waals surface area (Å²) < 4.78 is 13.7. The van der Waals surface area contributed by atoms with Crippen LogP contribution in [0.5, 0.6) is 0 Å². The predicted octanol–water partition coefficient (Wildman–Crippen LogP) is 2.01. The quantitative estimate of drug-likeness (QED) is 0.837. The molecule has 0 radical (unpaired) electrons. The fourth-order valence-corrected chi connectivity index (χ4v) is 1.97. The van der Waals surface area contributed by atoms with Gasteiger partial charge in [-0.1, -0.05) is 17.7 Å². The lowest BCUT2D eigenvalue weighted by Crippen LogP contribution is -2.33. The average Bonchev–Trinajstić information content (AvgIpc) is 2.30. The Morgan fingerprint density at radius 2 is 2.05 bits per heavy atom. The first kappa shape index (κ1) is 15.4. The van der Waals surface area contributed by atoms with Crippen molar-refractivity contribution in [1.29, 1.82) is 0 Å². The molecule has 1 unspecified atom stereocenters. The second-order valence-electron chi connectivity index (χ2n) is 4.00. The molecule has 0 fully saturated rings. The van der Waals surface area contributed by atoms with Crippen LogP contribution in [0.3, 0.4) is 0 Å². The maximum Gasteiger partial charge on any atom is 0.325 e. The lowest BCUT2D eigenvalue weighted by Gasteiger charge is -2.25. The van der Waals surface area contributed by atoms with Crippen molar-refractivity contribution in [3.63, 3.8) is 0 Å². The smallest absolute Gasteiger partial charge is 0.325 e. The van der Waals surface area contributed by atoms with Gasteiger partial charge in [-0.15, -0.1) is 0 Å². The van der Waals surface area contributed by atoms with Gasteiger partial charge in [0.05, 0.1) is 6.42 Å². The van der Waals surface area contributed by atoms with E-state index in [-0.39, 0.29) is 23.6 Å². The number of rotatable bonds is 6. The summed E-state index contributed by atoms with van der Waals surface area (Å²) in [4.78, 5) is 23.0. The molecule has 0 saturated carbocycles. The summed E-state index contributed by atoms with van der Waals surface area (Å²) in [6.07, 6.45) is -0.244. The van der Waals surface area contributed by atoms with Crippen LogP contribution in [0.25, 0.3) is 0 Å². The van der Waals surface area contributed by atoms with Crippen molar-refractivity contribution < 1.29 is 24.2 Å². The number of hydrogen-bond donors (Lipinski definition) is 2. The molecule has 0 aromatic heterocycles. The molecule has 0 bridgehead atoms. The molecule has 0 amide bonds. The minimum absolute atomic E-state index is 0.00502. The van der Waals surface area contributed by atoms with Crippen LogP contribution in [0.15, 0.2) is 18.2 Å². The van der Waals surface area contributed by atoms with Crippen LogP contribution in [0.1, 0.15) is 18.0 Å². The summed E-state index contributed by atoms with van der Waals surface area (Å²) in [7, 11) is 1.41. The van der Waals surface area contributed by atoms with E-state index in [4.69, 9.17) is 16.7 Å². The fourth-order valence-electron chi connectivity index (χ4n) is 1.71. The van der Waals surface area contributed by atoms with Crippen molar-refractivity contribution >= 4 is 23.5 Å². The Balaban J connectivity index is 3.07. The van der Waals surface area contributed by atoms with Crippen molar-refractivity contribution in [2.75, 3.05) is 13.6 Å². The molecule has 0 aliphatic carbocycles. The minimum Gasteiger partial charge on any atom is -0.481 e. The van der Waals surface area contributed by atoms with E-state index >= 15 is 0 Å². The first-order valence-corrected chi connectivity index (χ1v) is 5.81. The Morgan fingerprint density at radius 1 is 1.42 bits per heavy atom. The zero-order chi connectivity index (χ0) is 14.6. The maximum absolute atomic E-state index is 13.7. The van der Waals surface area contributed by atoms with E-state index in [0.29, 0.717) is 0 Å². The number of likely N-dealkylation sites (N-methyl/N-ethyl adjacent to an activating group) is 1. The summed E-state index contributed by atoms with van der Waals surface area (Å²) in [5, 5.41) is 17.8. The first-order valence-electron chi connectivity index (χ1n) is 5.43. The molecule has 0 spiro atoms. The zero-order valence-electron chi connectivity index (χ0n) is 10.1. The van der Waals surface area contributed by atoms with Gasteiger partial charge in [0.25, 0.3) is 0 Å². The number of carbonyl (C=O) groups is 2. The van der Waals surface area contributed by atoms with Gasteiger partial charge in [-0.2, -0.15) is 0 Å². The van der Waals surface area contributed by atoms with Gasteiger partial charge in [-0.3, -0.25) is 14.5 Å². The molecule has 2 N–H and O–H groups in total. The molecule has 104 valence electrons. The van der Waals surface area contributed by atoms with Gasteiger partial charge in [-0.05, 0) is 19.2 Å². The van der Waals surface area contributed by atoms with Crippen LogP contribution in [0.4, 0.5) is 4.39 Å². The largest absolute Gasteiger partial charge is 0.481 e. The molecule has 1 atom stereocenters. The second-order valence-corrected chi connectivity index (χ2v) is 4.41. The lowest BCUT2D eigenvalue weighted by atomic mass is 10.0. The molecule has 5 nitrogen and oxygen atoms in total. The van der Waals surface area contributed by atoms with Gasteiger partial charge >= 0.3 is 11.9 Å². The number of hydrogen-bond acceptors (Lipinski definition) is 3. The van der Waals surface area contributed by atoms with Gasteiger partial charge in [0.1, 0.15) is 11.9 Å². The van der Waals surface area contributed by atoms with Crippen molar-refractivity contribution in [2.24, 2.45) is 0 Å². The minimum atomic E-state index is -1.33. The number of halogens is 2. The zero-order valence-corrected chi connectivity index (χ0v) is 10.9. The molecule has 7 heteroatoms. The number of benzene rings is 1. The summed E-state index contributed by atoms with van der Waals surface area (Å²) in [5.41, 5.74) is -0.162. The highest BCUT2D eigenvalue weighted by atomic mass is 35.5. The third-order valence-corrected chi connectivity index (χ3v) is 2.96. The summed E-state index contributed by atoms with van der Waals surface area (Å²) in [5.74, 6) is -3.09. The van der Waals surface area contributed by atoms with Crippen molar-refractivity contribution in [3.05, 3.63) is 34.6 Å². The number of carboxylic acids is 2. The standard InChI is InChI=1S/C12H13ClFNO4/c1-15(6-5-9(16)17)11(12(18)19)10-7(13)3-2-4-8(10)14/h2-4,11H,5-6H2,1H3,(H,16,17)(H,18,19). The van der Waals surface area contributed by atoms with E-state index in [2.05, 4.69) is 0 Å². The highest BCUT2D eigenvalue weighted by Crippen LogP contribution is 2.29. The van der Waals surface area contributed by atoms with Gasteiger partial charge in [0.15, 0.2) is 0 Å². The fraction of sp³-hybridized carbons (Fsp3) is 0.333. The maximum atomic E-state index is 13.7. The highest BCUT2D eigenvalue weighted by Gasteiger charge is 2.29. The normalized spacial score (nSPS) is 12.4. The Hall–Kier alpha value is -1.66. The second kappa shape index (κ2) is 6.49. The van der Waals surface area contributed by atoms with Crippen LogP contribution >= 0.6 is 11.6 Å². The van der Waals surface area contributed by atoms with Gasteiger partial charge in [-0.25, -0.2) is 4.39 Å². The van der Waals surface area contributed by atoms with E-state index in [1.165, 1.54) is 24.1 Å². The summed E-state index contributed by atoms with van der Waals surface area (Å²) >= 11 is 5.83. The van der Waals surface area contributed by atoms with Crippen molar-refractivity contribution in [3.8, 4) is 0 Å².